The summed E-state index contributed by atoms with van der Waals surface area (Å²) in [5.74, 6) is -0.0569. The lowest BCUT2D eigenvalue weighted by atomic mass is 10.1. The number of ether oxygens (including phenoxy) is 1. The fourth-order valence-electron chi connectivity index (χ4n) is 2.50. The summed E-state index contributed by atoms with van der Waals surface area (Å²) in [5, 5.41) is 3.29. The van der Waals surface area contributed by atoms with Gasteiger partial charge in [0, 0.05) is 24.0 Å². The van der Waals surface area contributed by atoms with Crippen LogP contribution in [0.25, 0.3) is 0 Å². The molecule has 0 aromatic heterocycles. The van der Waals surface area contributed by atoms with E-state index in [2.05, 4.69) is 21.2 Å². The van der Waals surface area contributed by atoms with E-state index in [-0.39, 0.29) is 30.2 Å². The molecule has 0 saturated carbocycles. The summed E-state index contributed by atoms with van der Waals surface area (Å²) in [6.45, 7) is 4.32. The molecule has 1 aromatic carbocycles. The Morgan fingerprint density at radius 1 is 1.50 bits per heavy atom. The maximum Gasteiger partial charge on any atom is 0.229 e. The Hall–Kier alpha value is -1.27. The lowest BCUT2D eigenvalue weighted by Gasteiger charge is -2.21. The first-order chi connectivity index (χ1) is 10.3. The molecule has 0 spiro atoms. The highest BCUT2D eigenvalue weighted by Crippen LogP contribution is 2.36. The minimum atomic E-state index is -0.364. The zero-order valence-electron chi connectivity index (χ0n) is 12.7. The molecule has 1 saturated heterocycles. The number of hydrogen-bond acceptors (Lipinski definition) is 3. The van der Waals surface area contributed by atoms with Crippen LogP contribution in [0.5, 0.6) is 5.75 Å². The van der Waals surface area contributed by atoms with E-state index in [1.807, 2.05) is 13.8 Å². The summed E-state index contributed by atoms with van der Waals surface area (Å²) in [4.78, 5) is 26.0. The van der Waals surface area contributed by atoms with Gasteiger partial charge in [0.05, 0.1) is 23.2 Å². The molecule has 1 aliphatic heterocycles. The number of benzene rings is 1. The second kappa shape index (κ2) is 6.87. The van der Waals surface area contributed by atoms with Gasteiger partial charge in [-0.25, -0.2) is 0 Å². The minimum Gasteiger partial charge on any atom is -0.493 e. The van der Waals surface area contributed by atoms with Gasteiger partial charge in [0.25, 0.3) is 0 Å². The molecule has 0 bridgehead atoms. The third-order valence-corrected chi connectivity index (χ3v) is 4.43. The molecular formula is C15H18BrClN2O3. The number of methoxy groups -OCH3 is 1. The topological polar surface area (TPSA) is 58.6 Å². The molecule has 1 aromatic rings. The summed E-state index contributed by atoms with van der Waals surface area (Å²) in [5.41, 5.74) is 0.488. The Morgan fingerprint density at radius 3 is 2.73 bits per heavy atom. The zero-order valence-corrected chi connectivity index (χ0v) is 15.0. The third kappa shape index (κ3) is 3.55. The predicted octanol–water partition coefficient (Wildman–Crippen LogP) is 3.31. The molecule has 0 radical (unpaired) electrons. The quantitative estimate of drug-likeness (QED) is 0.859. The van der Waals surface area contributed by atoms with Crippen molar-refractivity contribution in [2.45, 2.75) is 26.3 Å². The van der Waals surface area contributed by atoms with Crippen LogP contribution >= 0.6 is 27.5 Å². The minimum absolute atomic E-state index is 0.00869. The highest BCUT2D eigenvalue weighted by molar-refractivity contribution is 9.10. The van der Waals surface area contributed by atoms with Crippen molar-refractivity contribution >= 4 is 45.0 Å². The SMILES string of the molecule is COc1c(Br)cc(Cl)cc1NC(=O)[C@@H]1CC(=O)N(C(C)C)C1. The fourth-order valence-corrected chi connectivity index (χ4v) is 3.47. The summed E-state index contributed by atoms with van der Waals surface area (Å²) in [7, 11) is 1.52. The number of anilines is 1. The molecule has 120 valence electrons. The lowest BCUT2D eigenvalue weighted by molar-refractivity contribution is -0.129. The van der Waals surface area contributed by atoms with E-state index < -0.39 is 0 Å². The van der Waals surface area contributed by atoms with Crippen molar-refractivity contribution in [2.75, 3.05) is 19.0 Å². The maximum absolute atomic E-state index is 12.4. The number of rotatable bonds is 4. The summed E-state index contributed by atoms with van der Waals surface area (Å²) in [6.07, 6.45) is 0.230. The van der Waals surface area contributed by atoms with Gasteiger partial charge in [0.1, 0.15) is 0 Å². The van der Waals surface area contributed by atoms with Gasteiger partial charge in [-0.15, -0.1) is 0 Å². The molecule has 22 heavy (non-hydrogen) atoms. The molecule has 2 amide bonds. The van der Waals surface area contributed by atoms with Crippen molar-refractivity contribution in [3.8, 4) is 5.75 Å². The normalized spacial score (nSPS) is 18.0. The van der Waals surface area contributed by atoms with E-state index in [0.717, 1.165) is 0 Å². The third-order valence-electron chi connectivity index (χ3n) is 3.62. The lowest BCUT2D eigenvalue weighted by Crippen LogP contribution is -2.33. The standard InChI is InChI=1S/C15H18BrClN2O3/c1-8(2)19-7-9(4-13(19)20)15(21)18-12-6-10(17)5-11(16)14(12)22-3/h5-6,8-9H,4,7H2,1-3H3,(H,18,21)/t9-/m1/s1. The van der Waals surface area contributed by atoms with E-state index in [1.165, 1.54) is 7.11 Å². The largest absolute Gasteiger partial charge is 0.493 e. The molecular weight excluding hydrogens is 372 g/mol. The molecule has 1 fully saturated rings. The van der Waals surface area contributed by atoms with Crippen molar-refractivity contribution < 1.29 is 14.3 Å². The first-order valence-electron chi connectivity index (χ1n) is 6.96. The number of nitrogens with one attached hydrogen (secondary N) is 1. The van der Waals surface area contributed by atoms with Gasteiger partial charge in [-0.1, -0.05) is 11.6 Å². The monoisotopic (exact) mass is 388 g/mol. The van der Waals surface area contributed by atoms with Crippen LogP contribution in [0, 0.1) is 5.92 Å². The average molecular weight is 390 g/mol. The van der Waals surface area contributed by atoms with Gasteiger partial charge in [-0.2, -0.15) is 0 Å². The Kier molecular flexibility index (Phi) is 5.34. The molecule has 7 heteroatoms. The van der Waals surface area contributed by atoms with Gasteiger partial charge in [-0.3, -0.25) is 9.59 Å². The molecule has 1 aliphatic rings. The Morgan fingerprint density at radius 2 is 2.18 bits per heavy atom. The Bertz CT molecular complexity index is 607. The first-order valence-corrected chi connectivity index (χ1v) is 8.14. The van der Waals surface area contributed by atoms with Crippen molar-refractivity contribution in [1.82, 2.24) is 4.90 Å². The number of halogens is 2. The highest BCUT2D eigenvalue weighted by atomic mass is 79.9. The predicted molar refractivity (Wildman–Crippen MR) is 89.3 cm³/mol. The van der Waals surface area contributed by atoms with Crippen LogP contribution in [0.4, 0.5) is 5.69 Å². The van der Waals surface area contributed by atoms with E-state index in [0.29, 0.717) is 27.5 Å². The van der Waals surface area contributed by atoms with Crippen LogP contribution in [0.3, 0.4) is 0 Å². The van der Waals surface area contributed by atoms with Crippen molar-refractivity contribution in [3.05, 3.63) is 21.6 Å². The fraction of sp³-hybridized carbons (Fsp3) is 0.467. The number of hydrogen-bond donors (Lipinski definition) is 1. The van der Waals surface area contributed by atoms with Crippen LogP contribution in [0.2, 0.25) is 5.02 Å². The summed E-state index contributed by atoms with van der Waals surface area (Å²) < 4.78 is 5.93. The van der Waals surface area contributed by atoms with Gasteiger partial charge < -0.3 is 15.0 Å². The second-order valence-corrected chi connectivity index (χ2v) is 6.79. The molecule has 1 atom stereocenters. The van der Waals surface area contributed by atoms with E-state index in [1.54, 1.807) is 17.0 Å². The first kappa shape index (κ1) is 17.1. The van der Waals surface area contributed by atoms with Crippen LogP contribution in [0.1, 0.15) is 20.3 Å². The van der Waals surface area contributed by atoms with E-state index in [4.69, 9.17) is 16.3 Å². The van der Waals surface area contributed by atoms with Crippen molar-refractivity contribution in [2.24, 2.45) is 5.92 Å². The van der Waals surface area contributed by atoms with Gasteiger partial charge in [0.15, 0.2) is 5.75 Å². The summed E-state index contributed by atoms with van der Waals surface area (Å²) >= 11 is 9.36. The van der Waals surface area contributed by atoms with Crippen LogP contribution < -0.4 is 10.1 Å². The van der Waals surface area contributed by atoms with Crippen molar-refractivity contribution in [3.63, 3.8) is 0 Å². The van der Waals surface area contributed by atoms with E-state index >= 15 is 0 Å². The highest BCUT2D eigenvalue weighted by Gasteiger charge is 2.35. The van der Waals surface area contributed by atoms with Gasteiger partial charge in [-0.05, 0) is 41.9 Å². The van der Waals surface area contributed by atoms with E-state index in [9.17, 15) is 9.59 Å². The number of carbonyl (C=O) groups excluding carboxylic acids is 2. The Labute approximate surface area is 143 Å². The number of likely N-dealkylation sites (tertiary alicyclic amines) is 1. The number of carbonyl (C=O) groups is 2. The zero-order chi connectivity index (χ0) is 16.4. The molecule has 1 heterocycles. The van der Waals surface area contributed by atoms with Gasteiger partial charge in [0.2, 0.25) is 11.8 Å². The van der Waals surface area contributed by atoms with Crippen LogP contribution in [0.15, 0.2) is 16.6 Å². The Balaban J connectivity index is 2.15. The molecule has 1 N–H and O–H groups in total. The molecule has 0 unspecified atom stereocenters. The maximum atomic E-state index is 12.4. The van der Waals surface area contributed by atoms with Crippen molar-refractivity contribution in [1.29, 1.82) is 0 Å². The molecule has 2 rings (SSSR count). The average Bonchev–Trinajstić information content (AvgIpc) is 2.80. The number of amides is 2. The number of nitrogens with zero attached hydrogens (tertiary/aromatic N) is 1. The second-order valence-electron chi connectivity index (χ2n) is 5.50. The van der Waals surface area contributed by atoms with Crippen LogP contribution in [-0.2, 0) is 9.59 Å². The molecule has 0 aliphatic carbocycles. The van der Waals surface area contributed by atoms with Crippen LogP contribution in [-0.4, -0.2) is 36.4 Å². The van der Waals surface area contributed by atoms with Gasteiger partial charge >= 0.3 is 0 Å². The molecule has 5 nitrogen and oxygen atoms in total. The smallest absolute Gasteiger partial charge is 0.229 e. The summed E-state index contributed by atoms with van der Waals surface area (Å²) in [6, 6.07) is 3.41.